The summed E-state index contributed by atoms with van der Waals surface area (Å²) < 4.78 is 11.7. The Hall–Kier alpha value is -4.43. The number of esters is 1. The molecule has 0 aliphatic carbocycles. The topological polar surface area (TPSA) is 97.0 Å². The summed E-state index contributed by atoms with van der Waals surface area (Å²) in [5.41, 5.74) is 3.16. The summed E-state index contributed by atoms with van der Waals surface area (Å²) in [6, 6.07) is 24.0. The molecule has 3 atom stereocenters. The standard InChI is InChI=1S/C36H43N3O5/c1-6-12-31(29-17-15-25(4)16-18-29)38-35(42)39-33(41)36(7-2,8-3)34(39)44-30-21-19-28(20-22-30)26(5)37-23-32(40)43-24-27-13-10-9-11-14-27/h6,9-11,13-22,26,31,34,37H,1,7-8,12,23-24H2,2-5H3,(H,38,42)/t26-,31+,34-/m0/s1. The largest absolute Gasteiger partial charge is 0.469 e. The van der Waals surface area contributed by atoms with Gasteiger partial charge in [-0.15, -0.1) is 6.58 Å². The number of nitrogens with one attached hydrogen (secondary N) is 2. The minimum Gasteiger partial charge on any atom is -0.469 e. The van der Waals surface area contributed by atoms with Gasteiger partial charge in [0.05, 0.1) is 12.6 Å². The molecule has 1 saturated heterocycles. The summed E-state index contributed by atoms with van der Waals surface area (Å²) in [7, 11) is 0. The molecule has 232 valence electrons. The van der Waals surface area contributed by atoms with Gasteiger partial charge < -0.3 is 20.1 Å². The first kappa shape index (κ1) is 32.5. The predicted molar refractivity (Wildman–Crippen MR) is 171 cm³/mol. The van der Waals surface area contributed by atoms with Crippen molar-refractivity contribution >= 4 is 17.9 Å². The van der Waals surface area contributed by atoms with Crippen molar-refractivity contribution in [2.24, 2.45) is 5.41 Å². The number of urea groups is 1. The lowest BCUT2D eigenvalue weighted by Gasteiger charge is -2.53. The normalized spacial score (nSPS) is 16.8. The fraction of sp³-hybridized carbons (Fsp3) is 0.361. The molecule has 1 heterocycles. The van der Waals surface area contributed by atoms with Gasteiger partial charge in [-0.25, -0.2) is 9.69 Å². The van der Waals surface area contributed by atoms with Crippen LogP contribution in [0, 0.1) is 12.3 Å². The van der Waals surface area contributed by atoms with Crippen molar-refractivity contribution in [2.75, 3.05) is 6.54 Å². The highest BCUT2D eigenvalue weighted by molar-refractivity contribution is 6.03. The number of hydrogen-bond acceptors (Lipinski definition) is 6. The van der Waals surface area contributed by atoms with Crippen LogP contribution in [0.3, 0.4) is 0 Å². The zero-order valence-corrected chi connectivity index (χ0v) is 26.0. The summed E-state index contributed by atoms with van der Waals surface area (Å²) >= 11 is 0. The molecule has 0 unspecified atom stereocenters. The monoisotopic (exact) mass is 597 g/mol. The van der Waals surface area contributed by atoms with Gasteiger partial charge in [0.1, 0.15) is 17.8 Å². The van der Waals surface area contributed by atoms with E-state index in [0.717, 1.165) is 22.3 Å². The van der Waals surface area contributed by atoms with E-state index in [1.165, 1.54) is 4.90 Å². The maximum atomic E-state index is 13.5. The number of amides is 3. The molecule has 1 aliphatic heterocycles. The van der Waals surface area contributed by atoms with E-state index < -0.39 is 17.7 Å². The first-order valence-corrected chi connectivity index (χ1v) is 15.2. The third-order valence-electron chi connectivity index (χ3n) is 8.44. The van der Waals surface area contributed by atoms with E-state index in [1.807, 2.05) is 107 Å². The molecule has 8 heteroatoms. The highest BCUT2D eigenvalue weighted by Crippen LogP contribution is 2.46. The van der Waals surface area contributed by atoms with Crippen LogP contribution in [0.2, 0.25) is 0 Å². The number of carbonyl (C=O) groups excluding carboxylic acids is 3. The fourth-order valence-corrected chi connectivity index (χ4v) is 5.47. The second kappa shape index (κ2) is 14.8. The molecule has 0 saturated carbocycles. The van der Waals surface area contributed by atoms with Gasteiger partial charge in [0.15, 0.2) is 6.23 Å². The molecule has 0 spiro atoms. The number of β-lactam (4-membered cyclic amide) rings is 1. The molecule has 0 aromatic heterocycles. The molecule has 4 rings (SSSR count). The van der Waals surface area contributed by atoms with Gasteiger partial charge in [0.2, 0.25) is 5.91 Å². The van der Waals surface area contributed by atoms with Crippen LogP contribution in [-0.2, 0) is 20.9 Å². The fourth-order valence-electron chi connectivity index (χ4n) is 5.47. The molecular weight excluding hydrogens is 554 g/mol. The SMILES string of the molecule is C=CC[C@@H](NC(=O)N1C(=O)C(CC)(CC)[C@@H]1Oc1ccc([C@H](C)NCC(=O)OCc2ccccc2)cc1)c1ccc(C)cc1. The number of imide groups is 1. The van der Waals surface area contributed by atoms with Crippen LogP contribution >= 0.6 is 0 Å². The Balaban J connectivity index is 1.39. The quantitative estimate of drug-likeness (QED) is 0.121. The van der Waals surface area contributed by atoms with Crippen molar-refractivity contribution in [3.8, 4) is 5.75 Å². The van der Waals surface area contributed by atoms with E-state index in [1.54, 1.807) is 6.08 Å². The maximum absolute atomic E-state index is 13.5. The molecule has 1 aliphatic rings. The molecule has 3 aromatic carbocycles. The van der Waals surface area contributed by atoms with Gasteiger partial charge in [-0.1, -0.05) is 92.2 Å². The summed E-state index contributed by atoms with van der Waals surface area (Å²) in [6.45, 7) is 12.0. The Labute approximate surface area is 260 Å². The average molecular weight is 598 g/mol. The summed E-state index contributed by atoms with van der Waals surface area (Å²) in [4.78, 5) is 40.4. The Kier molecular flexibility index (Phi) is 11.0. The van der Waals surface area contributed by atoms with E-state index >= 15 is 0 Å². The Bertz CT molecular complexity index is 1420. The van der Waals surface area contributed by atoms with Crippen molar-refractivity contribution in [1.29, 1.82) is 0 Å². The molecule has 0 radical (unpaired) electrons. The van der Waals surface area contributed by atoms with Crippen LogP contribution in [0.25, 0.3) is 0 Å². The van der Waals surface area contributed by atoms with Gasteiger partial charge >= 0.3 is 12.0 Å². The molecular formula is C36H43N3O5. The highest BCUT2D eigenvalue weighted by Gasteiger charge is 2.63. The molecule has 2 N–H and O–H groups in total. The summed E-state index contributed by atoms with van der Waals surface area (Å²) in [6.07, 6.45) is 2.62. The Morgan fingerprint density at radius 1 is 0.977 bits per heavy atom. The predicted octanol–water partition coefficient (Wildman–Crippen LogP) is 6.77. The van der Waals surface area contributed by atoms with Crippen LogP contribution in [0.1, 0.15) is 74.4 Å². The lowest BCUT2D eigenvalue weighted by molar-refractivity contribution is -0.191. The number of likely N-dealkylation sites (tertiary alicyclic amines) is 1. The molecule has 3 amide bonds. The number of carbonyl (C=O) groups is 3. The molecule has 1 fully saturated rings. The molecule has 3 aromatic rings. The van der Waals surface area contributed by atoms with Crippen LogP contribution in [0.5, 0.6) is 5.75 Å². The average Bonchev–Trinajstić information content (AvgIpc) is 3.04. The summed E-state index contributed by atoms with van der Waals surface area (Å²) in [5, 5.41) is 6.22. The number of nitrogens with zero attached hydrogens (tertiary/aromatic N) is 1. The van der Waals surface area contributed by atoms with Crippen LogP contribution in [0.4, 0.5) is 4.79 Å². The third kappa shape index (κ3) is 7.37. The Morgan fingerprint density at radius 2 is 1.61 bits per heavy atom. The second-order valence-corrected chi connectivity index (χ2v) is 11.3. The molecule has 8 nitrogen and oxygen atoms in total. The van der Waals surface area contributed by atoms with Gasteiger partial charge in [0, 0.05) is 6.04 Å². The van der Waals surface area contributed by atoms with Gasteiger partial charge in [-0.05, 0) is 61.9 Å². The van der Waals surface area contributed by atoms with E-state index in [9.17, 15) is 14.4 Å². The van der Waals surface area contributed by atoms with E-state index in [2.05, 4.69) is 17.2 Å². The zero-order chi connectivity index (χ0) is 31.7. The van der Waals surface area contributed by atoms with Gasteiger partial charge in [0.25, 0.3) is 0 Å². The van der Waals surface area contributed by atoms with E-state index in [-0.39, 0.29) is 37.1 Å². The number of benzene rings is 3. The second-order valence-electron chi connectivity index (χ2n) is 11.3. The van der Waals surface area contributed by atoms with E-state index in [4.69, 9.17) is 9.47 Å². The summed E-state index contributed by atoms with van der Waals surface area (Å²) in [5.74, 6) is -0.0207. The minimum atomic E-state index is -0.789. The van der Waals surface area contributed by atoms with Crippen molar-refractivity contribution in [1.82, 2.24) is 15.5 Å². The number of rotatable bonds is 14. The zero-order valence-electron chi connectivity index (χ0n) is 26.0. The van der Waals surface area contributed by atoms with Crippen molar-refractivity contribution in [3.05, 3.63) is 114 Å². The van der Waals surface area contributed by atoms with Crippen molar-refractivity contribution in [3.63, 3.8) is 0 Å². The smallest absolute Gasteiger partial charge is 0.327 e. The highest BCUT2D eigenvalue weighted by atomic mass is 16.5. The number of ether oxygens (including phenoxy) is 2. The lowest BCUT2D eigenvalue weighted by Crippen LogP contribution is -2.73. The van der Waals surface area contributed by atoms with E-state index in [0.29, 0.717) is 25.0 Å². The lowest BCUT2D eigenvalue weighted by atomic mass is 9.72. The van der Waals surface area contributed by atoms with Crippen molar-refractivity contribution in [2.45, 2.75) is 71.9 Å². The number of aryl methyl sites for hydroxylation is 1. The van der Waals surface area contributed by atoms with Crippen LogP contribution in [0.15, 0.2) is 91.5 Å². The van der Waals surface area contributed by atoms with Crippen LogP contribution < -0.4 is 15.4 Å². The van der Waals surface area contributed by atoms with Crippen LogP contribution in [-0.4, -0.2) is 35.6 Å². The first-order chi connectivity index (χ1) is 21.2. The number of hydrogen-bond donors (Lipinski definition) is 2. The maximum Gasteiger partial charge on any atom is 0.327 e. The third-order valence-corrected chi connectivity index (χ3v) is 8.44. The van der Waals surface area contributed by atoms with Crippen molar-refractivity contribution < 1.29 is 23.9 Å². The molecule has 44 heavy (non-hydrogen) atoms. The minimum absolute atomic E-state index is 0.0749. The first-order valence-electron chi connectivity index (χ1n) is 15.2. The van der Waals surface area contributed by atoms with Gasteiger partial charge in [-0.2, -0.15) is 0 Å². The Morgan fingerprint density at radius 3 is 2.23 bits per heavy atom. The molecule has 0 bridgehead atoms. The van der Waals surface area contributed by atoms with Gasteiger partial charge in [-0.3, -0.25) is 9.59 Å².